The van der Waals surface area contributed by atoms with E-state index in [1.54, 1.807) is 0 Å². The molecule has 5 heteroatoms. The van der Waals surface area contributed by atoms with Gasteiger partial charge in [0, 0.05) is 47.8 Å². The quantitative estimate of drug-likeness (QED) is 0.0687. The summed E-state index contributed by atoms with van der Waals surface area (Å²) in [7, 11) is 0. The minimum absolute atomic E-state index is 0.148. The maximum atomic E-state index is 7.01. The summed E-state index contributed by atoms with van der Waals surface area (Å²) in [4.78, 5) is 2.73. The Labute approximate surface area is 317 Å². The van der Waals surface area contributed by atoms with Crippen LogP contribution in [0.4, 0.5) is 0 Å². The molecule has 2 N–H and O–H groups in total. The molecule has 0 aromatic carbocycles. The Morgan fingerprint density at radius 2 is 1.53 bits per heavy atom. The first kappa shape index (κ1) is 45.2. The van der Waals surface area contributed by atoms with E-state index in [1.807, 2.05) is 0 Å². The van der Waals surface area contributed by atoms with Crippen LogP contribution in [0.5, 0.6) is 0 Å². The van der Waals surface area contributed by atoms with Crippen molar-refractivity contribution in [1.82, 2.24) is 15.5 Å². The van der Waals surface area contributed by atoms with E-state index in [4.69, 9.17) is 18.0 Å². The number of nitrogens with zero attached hydrogens (tertiary/aromatic N) is 1. The van der Waals surface area contributed by atoms with Gasteiger partial charge in [-0.05, 0) is 132 Å². The van der Waals surface area contributed by atoms with Crippen molar-refractivity contribution in [3.63, 3.8) is 0 Å². The lowest BCUT2D eigenvalue weighted by Crippen LogP contribution is -2.49. The van der Waals surface area contributed by atoms with E-state index in [9.17, 15) is 0 Å². The lowest BCUT2D eigenvalue weighted by atomic mass is 9.75. The normalized spacial score (nSPS) is 27.5. The third kappa shape index (κ3) is 17.2. The zero-order chi connectivity index (χ0) is 36.3. The van der Waals surface area contributed by atoms with E-state index < -0.39 is 0 Å². The molecule has 1 saturated carbocycles. The first-order valence-corrected chi connectivity index (χ1v) is 22.8. The second-order valence-electron chi connectivity index (χ2n) is 17.6. The highest BCUT2D eigenvalue weighted by Gasteiger charge is 2.38. The summed E-state index contributed by atoms with van der Waals surface area (Å²) >= 11 is 9.24. The van der Waals surface area contributed by atoms with Crippen LogP contribution in [0.15, 0.2) is 0 Å². The van der Waals surface area contributed by atoms with Gasteiger partial charge in [-0.3, -0.25) is 0 Å². The number of rotatable bonds is 26. The van der Waals surface area contributed by atoms with Crippen molar-refractivity contribution >= 4 is 23.4 Å². The van der Waals surface area contributed by atoms with Gasteiger partial charge in [0.15, 0.2) is 0 Å². The second kappa shape index (κ2) is 25.2. The zero-order valence-corrected chi connectivity index (χ0v) is 35.8. The van der Waals surface area contributed by atoms with Crippen molar-refractivity contribution in [3.05, 3.63) is 0 Å². The molecule has 1 heterocycles. The molecular weight excluding hydrogens is 638 g/mol. The van der Waals surface area contributed by atoms with Gasteiger partial charge in [0.2, 0.25) is 0 Å². The van der Waals surface area contributed by atoms with Gasteiger partial charge < -0.3 is 15.5 Å². The fourth-order valence-corrected chi connectivity index (χ4v) is 11.2. The molecule has 0 spiro atoms. The first-order chi connectivity index (χ1) is 23.4. The second-order valence-corrected chi connectivity index (χ2v) is 19.5. The molecule has 2 aliphatic rings. The standard InChI is InChI=1S/C44H84ClN3S/c1-12-16-19-41-40(31-49-44(41)15-4)29-39(37(11)47-43(36(10)45)28-38-22-20-33(7)21-23-38)27-34(8)42(26-32(5)6)46-35(9)30-48(24-17-13-2)25-18-14-3/h1,32-44,46-47H,13-31H2,2-11H3. The number of unbranched alkanes of at least 4 members (excludes halogenated alkanes) is 2. The third-order valence-corrected chi connectivity index (χ3v) is 14.5. The Hall–Kier alpha value is 0.0800. The van der Waals surface area contributed by atoms with Crippen LogP contribution in [0.25, 0.3) is 0 Å². The molecule has 1 saturated heterocycles. The maximum Gasteiger partial charge on any atom is 0.0461 e. The van der Waals surface area contributed by atoms with Crippen molar-refractivity contribution in [2.75, 3.05) is 25.4 Å². The predicted molar refractivity (Wildman–Crippen MR) is 223 cm³/mol. The Morgan fingerprint density at radius 1 is 0.878 bits per heavy atom. The smallest absolute Gasteiger partial charge is 0.0461 e. The lowest BCUT2D eigenvalue weighted by molar-refractivity contribution is 0.170. The monoisotopic (exact) mass is 722 g/mol. The van der Waals surface area contributed by atoms with E-state index in [1.165, 1.54) is 109 Å². The molecule has 0 bridgehead atoms. The molecule has 10 atom stereocenters. The highest BCUT2D eigenvalue weighted by atomic mass is 35.5. The molecule has 3 nitrogen and oxygen atoms in total. The maximum absolute atomic E-state index is 7.01. The number of terminal acetylenes is 1. The van der Waals surface area contributed by atoms with Crippen LogP contribution < -0.4 is 10.6 Å². The van der Waals surface area contributed by atoms with Gasteiger partial charge in [-0.2, -0.15) is 11.8 Å². The summed E-state index contributed by atoms with van der Waals surface area (Å²) < 4.78 is 0. The number of thioether (sulfide) groups is 1. The fraction of sp³-hybridized carbons (Fsp3) is 0.955. The van der Waals surface area contributed by atoms with Crippen molar-refractivity contribution in [3.8, 4) is 12.3 Å². The van der Waals surface area contributed by atoms with Crippen LogP contribution in [0.2, 0.25) is 0 Å². The van der Waals surface area contributed by atoms with Crippen LogP contribution >= 0.6 is 23.4 Å². The summed E-state index contributed by atoms with van der Waals surface area (Å²) in [6.07, 6.45) is 24.9. The van der Waals surface area contributed by atoms with Crippen molar-refractivity contribution in [2.45, 2.75) is 200 Å². The summed E-state index contributed by atoms with van der Waals surface area (Å²) in [6, 6.07) is 1.87. The molecule has 1 aliphatic carbocycles. The van der Waals surface area contributed by atoms with E-state index in [0.29, 0.717) is 41.9 Å². The average molecular weight is 723 g/mol. The molecule has 0 amide bonds. The van der Waals surface area contributed by atoms with Gasteiger partial charge in [-0.15, -0.1) is 23.9 Å². The molecule has 2 fully saturated rings. The van der Waals surface area contributed by atoms with Crippen LogP contribution in [0.1, 0.15) is 166 Å². The van der Waals surface area contributed by atoms with E-state index >= 15 is 0 Å². The number of nitrogens with one attached hydrogen (secondary N) is 2. The topological polar surface area (TPSA) is 27.3 Å². The largest absolute Gasteiger partial charge is 0.310 e. The Morgan fingerprint density at radius 3 is 2.08 bits per heavy atom. The average Bonchev–Trinajstić information content (AvgIpc) is 3.45. The third-order valence-electron chi connectivity index (χ3n) is 12.5. The van der Waals surface area contributed by atoms with E-state index in [0.717, 1.165) is 41.9 Å². The molecular formula is C44H84ClN3S. The number of hydrogen-bond acceptors (Lipinski definition) is 4. The van der Waals surface area contributed by atoms with Gasteiger partial charge in [-0.25, -0.2) is 0 Å². The molecule has 2 rings (SSSR count). The van der Waals surface area contributed by atoms with Gasteiger partial charge in [-0.1, -0.05) is 87.0 Å². The van der Waals surface area contributed by atoms with Crippen LogP contribution in [-0.4, -0.2) is 65.1 Å². The Bertz CT molecular complexity index is 859. The Kier molecular flexibility index (Phi) is 23.2. The highest BCUT2D eigenvalue weighted by molar-refractivity contribution is 8.00. The number of alkyl halides is 1. The SMILES string of the molecule is C#CCCC1C(CC(CC(C)C(CC(C)C)NC(C)CN(CCCC)CCCC)C(C)NC(CC2CCC(C)CC2)C(C)Cl)CSC1CC. The lowest BCUT2D eigenvalue weighted by Gasteiger charge is -2.39. The van der Waals surface area contributed by atoms with Crippen LogP contribution in [-0.2, 0) is 0 Å². The Balaban J connectivity index is 2.26. The number of halogens is 1. The van der Waals surface area contributed by atoms with Crippen molar-refractivity contribution < 1.29 is 0 Å². The minimum Gasteiger partial charge on any atom is -0.310 e. The predicted octanol–water partition coefficient (Wildman–Crippen LogP) is 11.7. The van der Waals surface area contributed by atoms with Gasteiger partial charge in [0.1, 0.15) is 0 Å². The van der Waals surface area contributed by atoms with Crippen LogP contribution in [0, 0.1) is 53.8 Å². The molecule has 1 aliphatic heterocycles. The van der Waals surface area contributed by atoms with Crippen LogP contribution in [0.3, 0.4) is 0 Å². The molecule has 288 valence electrons. The molecule has 10 unspecified atom stereocenters. The molecule has 49 heavy (non-hydrogen) atoms. The molecule has 0 aromatic rings. The van der Waals surface area contributed by atoms with E-state index in [2.05, 4.69) is 102 Å². The van der Waals surface area contributed by atoms with E-state index in [-0.39, 0.29) is 5.38 Å². The van der Waals surface area contributed by atoms with Gasteiger partial charge in [0.25, 0.3) is 0 Å². The summed E-state index contributed by atoms with van der Waals surface area (Å²) in [5, 5.41) is 9.37. The number of hydrogen-bond donors (Lipinski definition) is 2. The zero-order valence-electron chi connectivity index (χ0n) is 34.3. The van der Waals surface area contributed by atoms with Gasteiger partial charge >= 0.3 is 0 Å². The fourth-order valence-electron chi connectivity index (χ4n) is 9.29. The summed E-state index contributed by atoms with van der Waals surface area (Å²) in [5.74, 6) is 9.45. The summed E-state index contributed by atoms with van der Waals surface area (Å²) in [6.45, 7) is 27.7. The minimum atomic E-state index is 0.148. The molecule has 0 aromatic heterocycles. The highest BCUT2D eigenvalue weighted by Crippen LogP contribution is 2.45. The van der Waals surface area contributed by atoms with Gasteiger partial charge in [0.05, 0.1) is 0 Å². The van der Waals surface area contributed by atoms with Crippen molar-refractivity contribution in [1.29, 1.82) is 0 Å². The molecule has 0 radical (unpaired) electrons. The summed E-state index contributed by atoms with van der Waals surface area (Å²) in [5.41, 5.74) is 0. The van der Waals surface area contributed by atoms with Crippen molar-refractivity contribution in [2.24, 2.45) is 41.4 Å². The first-order valence-electron chi connectivity index (χ1n) is 21.3.